The first-order valence-corrected chi connectivity index (χ1v) is 17.6. The lowest BCUT2D eigenvalue weighted by Crippen LogP contribution is -2.74. The van der Waals surface area contributed by atoms with Gasteiger partial charge in [0.05, 0.1) is 17.2 Å². The van der Waals surface area contributed by atoms with Crippen molar-refractivity contribution in [3.05, 3.63) is 181 Å². The monoisotopic (exact) mass is 590 g/mol. The summed E-state index contributed by atoms with van der Waals surface area (Å²) in [6.07, 6.45) is 4.84. The quantitative estimate of drug-likeness (QED) is 0.154. The molecule has 0 atom stereocenters. The summed E-state index contributed by atoms with van der Waals surface area (Å²) in [7, 11) is -2.62. The number of pyridine rings is 1. The van der Waals surface area contributed by atoms with Gasteiger partial charge in [0, 0.05) is 22.7 Å². The number of benzene rings is 6. The Labute approximate surface area is 263 Å². The highest BCUT2D eigenvalue weighted by Gasteiger charge is 2.42. The van der Waals surface area contributed by atoms with E-state index in [1.165, 1.54) is 65.0 Å². The molecule has 1 aliphatic carbocycles. The van der Waals surface area contributed by atoms with E-state index in [-0.39, 0.29) is 0 Å². The van der Waals surface area contributed by atoms with Gasteiger partial charge in [-0.25, -0.2) is 0 Å². The maximum absolute atomic E-state index is 4.51. The van der Waals surface area contributed by atoms with Gasteiger partial charge in [-0.1, -0.05) is 133 Å². The lowest BCUT2D eigenvalue weighted by molar-refractivity contribution is 1.16. The summed E-state index contributed by atoms with van der Waals surface area (Å²) in [5, 5.41) is 8.08. The maximum Gasteiger partial charge on any atom is 0.179 e. The molecule has 0 aliphatic heterocycles. The van der Waals surface area contributed by atoms with E-state index < -0.39 is 8.07 Å². The summed E-state index contributed by atoms with van der Waals surface area (Å²) in [5.74, 6) is 0. The second kappa shape index (κ2) is 10.3. The Morgan fingerprint density at radius 2 is 1.02 bits per heavy atom. The molecular weight excluding hydrogens is 561 g/mol. The molecule has 0 amide bonds. The first-order chi connectivity index (χ1) is 22.3. The van der Waals surface area contributed by atoms with Crippen LogP contribution in [-0.4, -0.2) is 17.6 Å². The lowest BCUT2D eigenvalue weighted by atomic mass is 10.1. The fraction of sp³-hybridized carbons (Fsp3) is 0.0238. The van der Waals surface area contributed by atoms with Gasteiger partial charge in [-0.3, -0.25) is 4.98 Å². The minimum atomic E-state index is -2.62. The Morgan fingerprint density at radius 1 is 0.467 bits per heavy atom. The average Bonchev–Trinajstić information content (AvgIpc) is 3.65. The Hall–Kier alpha value is -5.51. The maximum atomic E-state index is 4.51. The zero-order valence-electron chi connectivity index (χ0n) is 24.8. The van der Waals surface area contributed by atoms with Crippen LogP contribution in [0.5, 0.6) is 0 Å². The third-order valence-electron chi connectivity index (χ3n) is 9.66. The first kappa shape index (κ1) is 25.9. The second-order valence-corrected chi connectivity index (χ2v) is 15.8. The van der Waals surface area contributed by atoms with Crippen molar-refractivity contribution in [3.63, 3.8) is 0 Å². The third kappa shape index (κ3) is 3.91. The molecule has 0 bridgehead atoms. The van der Waals surface area contributed by atoms with Gasteiger partial charge in [0.1, 0.15) is 0 Å². The summed E-state index contributed by atoms with van der Waals surface area (Å²) in [6.45, 7) is 0. The van der Waals surface area contributed by atoms with Crippen molar-refractivity contribution in [1.29, 1.82) is 0 Å². The Balaban J connectivity index is 1.29. The van der Waals surface area contributed by atoms with Gasteiger partial charge in [-0.05, 0) is 73.7 Å². The van der Waals surface area contributed by atoms with Crippen molar-refractivity contribution in [3.8, 4) is 16.8 Å². The molecular formula is C42H30N2Si. The molecule has 0 saturated carbocycles. The molecule has 8 aromatic rings. The SMILES string of the molecule is c1ccc([Si](c2ccccc2)(c2ccccc2)c2ccc3c(c2)-c2cc(-n4c5ccccc5c5ccncc54)ccc2C3)cc1. The number of para-hydroxylation sites is 1. The van der Waals surface area contributed by atoms with Gasteiger partial charge < -0.3 is 4.57 Å². The van der Waals surface area contributed by atoms with Crippen LogP contribution in [0.15, 0.2) is 170 Å². The first-order valence-electron chi connectivity index (χ1n) is 15.6. The summed E-state index contributed by atoms with van der Waals surface area (Å²) >= 11 is 0. The van der Waals surface area contributed by atoms with Crippen LogP contribution >= 0.6 is 0 Å². The summed E-state index contributed by atoms with van der Waals surface area (Å²) in [5.41, 5.74) is 8.97. The minimum absolute atomic E-state index is 0.955. The molecule has 2 heterocycles. The molecule has 212 valence electrons. The Morgan fingerprint density at radius 3 is 1.69 bits per heavy atom. The van der Waals surface area contributed by atoms with E-state index in [4.69, 9.17) is 0 Å². The van der Waals surface area contributed by atoms with Gasteiger partial charge in [-0.2, -0.15) is 0 Å². The molecule has 45 heavy (non-hydrogen) atoms. The fourth-order valence-corrected chi connectivity index (χ4v) is 12.5. The molecule has 3 heteroatoms. The molecule has 2 nitrogen and oxygen atoms in total. The number of nitrogens with zero attached hydrogens (tertiary/aromatic N) is 2. The van der Waals surface area contributed by atoms with Crippen molar-refractivity contribution < 1.29 is 0 Å². The molecule has 0 N–H and O–H groups in total. The zero-order chi connectivity index (χ0) is 29.8. The summed E-state index contributed by atoms with van der Waals surface area (Å²) in [6, 6.07) is 58.7. The predicted octanol–water partition coefficient (Wildman–Crippen LogP) is 7.13. The summed E-state index contributed by atoms with van der Waals surface area (Å²) < 4.78 is 2.37. The lowest BCUT2D eigenvalue weighted by Gasteiger charge is -2.34. The van der Waals surface area contributed by atoms with Crippen LogP contribution in [0.1, 0.15) is 11.1 Å². The summed E-state index contributed by atoms with van der Waals surface area (Å²) in [4.78, 5) is 4.51. The Bertz CT molecular complexity index is 2190. The van der Waals surface area contributed by atoms with Crippen LogP contribution in [0, 0.1) is 0 Å². The van der Waals surface area contributed by atoms with E-state index in [1.807, 2.05) is 12.4 Å². The molecule has 0 saturated heterocycles. The predicted molar refractivity (Wildman–Crippen MR) is 190 cm³/mol. The normalized spacial score (nSPS) is 12.4. The van der Waals surface area contributed by atoms with Gasteiger partial charge in [-0.15, -0.1) is 0 Å². The highest BCUT2D eigenvalue weighted by Crippen LogP contribution is 2.39. The third-order valence-corrected chi connectivity index (χ3v) is 14.4. The van der Waals surface area contributed by atoms with Crippen molar-refractivity contribution in [1.82, 2.24) is 9.55 Å². The average molecular weight is 591 g/mol. The van der Waals surface area contributed by atoms with Gasteiger partial charge in [0.15, 0.2) is 8.07 Å². The molecule has 0 unspecified atom stereocenters. The Kier molecular flexibility index (Phi) is 5.93. The second-order valence-electron chi connectivity index (χ2n) is 12.0. The van der Waals surface area contributed by atoms with Crippen molar-refractivity contribution in [2.45, 2.75) is 6.42 Å². The van der Waals surface area contributed by atoms with Crippen molar-refractivity contribution in [2.75, 3.05) is 0 Å². The molecule has 0 spiro atoms. The van der Waals surface area contributed by atoms with Gasteiger partial charge in [0.25, 0.3) is 0 Å². The van der Waals surface area contributed by atoms with Crippen LogP contribution in [0.4, 0.5) is 0 Å². The number of aromatic nitrogens is 2. The van der Waals surface area contributed by atoms with Gasteiger partial charge in [0.2, 0.25) is 0 Å². The van der Waals surface area contributed by atoms with Crippen molar-refractivity contribution >= 4 is 50.6 Å². The van der Waals surface area contributed by atoms with E-state index in [0.29, 0.717) is 0 Å². The topological polar surface area (TPSA) is 17.8 Å². The highest BCUT2D eigenvalue weighted by atomic mass is 28.3. The molecule has 6 aromatic carbocycles. The van der Waals surface area contributed by atoms with E-state index >= 15 is 0 Å². The van der Waals surface area contributed by atoms with Crippen LogP contribution in [0.3, 0.4) is 0 Å². The molecule has 2 aromatic heterocycles. The standard InChI is InChI=1S/C42H30N2Si/c1-4-12-33(13-5-1)45(34-14-6-2-7-15-34,35-16-8-3-9-17-35)36-23-21-31-26-30-20-22-32(27-39(30)40(31)28-36)44-41-19-11-10-18-37(41)38-24-25-43-29-42(38)44/h1-25,27-29H,26H2. The highest BCUT2D eigenvalue weighted by molar-refractivity contribution is 7.19. The number of fused-ring (bicyclic) bond motifs is 6. The van der Waals surface area contributed by atoms with Crippen molar-refractivity contribution in [2.24, 2.45) is 0 Å². The van der Waals surface area contributed by atoms with E-state index in [0.717, 1.165) is 11.9 Å². The molecule has 0 fully saturated rings. The van der Waals surface area contributed by atoms with E-state index in [2.05, 4.69) is 167 Å². The van der Waals surface area contributed by atoms with Crippen LogP contribution < -0.4 is 20.7 Å². The molecule has 0 radical (unpaired) electrons. The van der Waals surface area contributed by atoms with Crippen LogP contribution in [-0.2, 0) is 6.42 Å². The smallest absolute Gasteiger partial charge is 0.179 e. The fourth-order valence-electron chi connectivity index (χ4n) is 7.69. The zero-order valence-corrected chi connectivity index (χ0v) is 25.8. The molecule has 9 rings (SSSR count). The van der Waals surface area contributed by atoms with E-state index in [9.17, 15) is 0 Å². The minimum Gasteiger partial charge on any atom is -0.308 e. The molecule has 1 aliphatic rings. The van der Waals surface area contributed by atoms with Crippen LogP contribution in [0.2, 0.25) is 0 Å². The van der Waals surface area contributed by atoms with E-state index in [1.54, 1.807) is 0 Å². The number of hydrogen-bond donors (Lipinski definition) is 0. The van der Waals surface area contributed by atoms with Crippen LogP contribution in [0.25, 0.3) is 38.6 Å². The number of rotatable bonds is 5. The number of hydrogen-bond acceptors (Lipinski definition) is 1. The van der Waals surface area contributed by atoms with Gasteiger partial charge >= 0.3 is 0 Å². The largest absolute Gasteiger partial charge is 0.308 e.